The maximum absolute atomic E-state index is 10.9. The molecule has 80 valence electrons. The molecule has 1 saturated heterocycles. The van der Waals surface area contributed by atoms with Crippen molar-refractivity contribution in [1.29, 1.82) is 0 Å². The fourth-order valence-corrected chi connectivity index (χ4v) is 1.43. The molecule has 1 fully saturated rings. The monoisotopic (exact) mass is 208 g/mol. The molecule has 2 rings (SSSR count). The number of benzene rings is 1. The number of amides is 1. The number of nitrogens with one attached hydrogen (secondary N) is 2. The zero-order valence-corrected chi connectivity index (χ0v) is 8.28. The van der Waals surface area contributed by atoms with E-state index in [0.717, 1.165) is 5.56 Å². The number of hydrazine groups is 1. The van der Waals surface area contributed by atoms with E-state index in [9.17, 15) is 9.90 Å². The molecule has 1 aliphatic heterocycles. The Hall–Kier alpha value is -1.59. The van der Waals surface area contributed by atoms with E-state index in [4.69, 9.17) is 4.74 Å². The topological polar surface area (TPSA) is 70.6 Å². The first kappa shape index (κ1) is 9.95. The van der Waals surface area contributed by atoms with E-state index < -0.39 is 5.72 Å². The van der Waals surface area contributed by atoms with Crippen molar-refractivity contribution in [3.63, 3.8) is 0 Å². The highest BCUT2D eigenvalue weighted by atomic mass is 16.5. The fraction of sp³-hybridized carbons (Fsp3) is 0.300. The summed E-state index contributed by atoms with van der Waals surface area (Å²) in [4.78, 5) is 10.9. The molecule has 0 saturated carbocycles. The summed E-state index contributed by atoms with van der Waals surface area (Å²) in [5.74, 6) is -0.0522. The van der Waals surface area contributed by atoms with Crippen LogP contribution < -0.4 is 10.9 Å². The number of carbonyl (C=O) groups is 1. The Morgan fingerprint density at radius 2 is 2.33 bits per heavy atom. The lowest BCUT2D eigenvalue weighted by atomic mass is 10.0. The summed E-state index contributed by atoms with van der Waals surface area (Å²) in [7, 11) is 0. The van der Waals surface area contributed by atoms with E-state index in [2.05, 4.69) is 10.9 Å². The summed E-state index contributed by atoms with van der Waals surface area (Å²) < 4.78 is 5.38. The lowest BCUT2D eigenvalue weighted by molar-refractivity contribution is -0.154. The van der Waals surface area contributed by atoms with E-state index in [1.165, 1.54) is 0 Å². The van der Waals surface area contributed by atoms with Crippen molar-refractivity contribution in [3.05, 3.63) is 29.8 Å². The van der Waals surface area contributed by atoms with E-state index >= 15 is 0 Å². The minimum Gasteiger partial charge on any atom is -0.508 e. The summed E-state index contributed by atoms with van der Waals surface area (Å²) in [5.41, 5.74) is 5.20. The Morgan fingerprint density at radius 1 is 1.53 bits per heavy atom. The van der Waals surface area contributed by atoms with Gasteiger partial charge in [0.2, 0.25) is 0 Å². The predicted octanol–water partition coefficient (Wildman–Crippen LogP) is 0.216. The van der Waals surface area contributed by atoms with Gasteiger partial charge in [-0.25, -0.2) is 0 Å². The van der Waals surface area contributed by atoms with Crippen LogP contribution in [0.15, 0.2) is 24.3 Å². The first-order valence-corrected chi connectivity index (χ1v) is 4.60. The Labute approximate surface area is 87.0 Å². The number of phenolic OH excluding ortho intramolecular Hbond substituents is 1. The summed E-state index contributed by atoms with van der Waals surface area (Å²) in [5, 5.41) is 9.34. The third kappa shape index (κ3) is 1.93. The van der Waals surface area contributed by atoms with Crippen LogP contribution in [-0.4, -0.2) is 17.6 Å². The van der Waals surface area contributed by atoms with Gasteiger partial charge in [0.05, 0.1) is 0 Å². The van der Waals surface area contributed by atoms with Crippen LogP contribution in [0.4, 0.5) is 0 Å². The second-order valence-electron chi connectivity index (χ2n) is 3.55. The van der Waals surface area contributed by atoms with Gasteiger partial charge in [-0.2, -0.15) is 5.43 Å². The minimum atomic E-state index is -0.799. The van der Waals surface area contributed by atoms with Crippen molar-refractivity contribution in [2.45, 2.75) is 12.6 Å². The number of phenols is 1. The van der Waals surface area contributed by atoms with Gasteiger partial charge in [-0.15, -0.1) is 0 Å². The fourth-order valence-electron chi connectivity index (χ4n) is 1.43. The smallest absolute Gasteiger partial charge is 0.260 e. The molecule has 1 aliphatic rings. The first-order chi connectivity index (χ1) is 7.10. The van der Waals surface area contributed by atoms with E-state index in [-0.39, 0.29) is 18.3 Å². The molecule has 0 aliphatic carbocycles. The second kappa shape index (κ2) is 3.52. The molecule has 3 N–H and O–H groups in total. The molecule has 1 aromatic rings. The number of carbonyl (C=O) groups excluding carboxylic acids is 1. The molecule has 5 heteroatoms. The van der Waals surface area contributed by atoms with Crippen LogP contribution in [0.1, 0.15) is 12.5 Å². The molecular weight excluding hydrogens is 196 g/mol. The molecule has 0 spiro atoms. The number of ether oxygens (including phenoxy) is 1. The van der Waals surface area contributed by atoms with Crippen LogP contribution in [0.25, 0.3) is 0 Å². The normalized spacial score (nSPS) is 26.1. The van der Waals surface area contributed by atoms with Gasteiger partial charge in [0.15, 0.2) is 5.72 Å². The summed E-state index contributed by atoms with van der Waals surface area (Å²) in [6, 6.07) is 6.69. The highest BCUT2D eigenvalue weighted by Crippen LogP contribution is 2.25. The van der Waals surface area contributed by atoms with Gasteiger partial charge in [0.1, 0.15) is 12.4 Å². The lowest BCUT2D eigenvalue weighted by Crippen LogP contribution is -2.58. The molecule has 1 atom stereocenters. The number of hydrogen-bond acceptors (Lipinski definition) is 4. The van der Waals surface area contributed by atoms with Crippen molar-refractivity contribution < 1.29 is 14.6 Å². The molecule has 1 heterocycles. The van der Waals surface area contributed by atoms with Gasteiger partial charge in [-0.05, 0) is 19.1 Å². The zero-order chi connectivity index (χ0) is 10.9. The molecule has 0 radical (unpaired) electrons. The van der Waals surface area contributed by atoms with Gasteiger partial charge in [0.25, 0.3) is 5.91 Å². The molecule has 1 aromatic carbocycles. The lowest BCUT2D eigenvalue weighted by Gasteiger charge is -2.35. The van der Waals surface area contributed by atoms with Gasteiger partial charge in [-0.3, -0.25) is 10.2 Å². The summed E-state index contributed by atoms with van der Waals surface area (Å²) >= 11 is 0. The third-order valence-corrected chi connectivity index (χ3v) is 2.33. The number of rotatable bonds is 1. The predicted molar refractivity (Wildman–Crippen MR) is 52.7 cm³/mol. The second-order valence-corrected chi connectivity index (χ2v) is 3.55. The molecule has 1 amide bonds. The van der Waals surface area contributed by atoms with Crippen molar-refractivity contribution >= 4 is 5.91 Å². The van der Waals surface area contributed by atoms with E-state index in [1.807, 2.05) is 6.07 Å². The largest absolute Gasteiger partial charge is 0.508 e. The van der Waals surface area contributed by atoms with Crippen LogP contribution in [0.2, 0.25) is 0 Å². The molecular formula is C10H12N2O3. The maximum Gasteiger partial charge on any atom is 0.260 e. The third-order valence-electron chi connectivity index (χ3n) is 2.33. The average molecular weight is 208 g/mol. The highest BCUT2D eigenvalue weighted by Gasteiger charge is 2.32. The molecule has 0 bridgehead atoms. The maximum atomic E-state index is 10.9. The van der Waals surface area contributed by atoms with Crippen LogP contribution in [0.3, 0.4) is 0 Å². The quantitative estimate of drug-likeness (QED) is 0.617. The Balaban J connectivity index is 2.25. The van der Waals surface area contributed by atoms with Gasteiger partial charge < -0.3 is 9.84 Å². The SMILES string of the molecule is C[C@]1(c2cccc(O)c2)NNC(=O)CO1. The van der Waals surface area contributed by atoms with Crippen LogP contribution in [0.5, 0.6) is 5.75 Å². The minimum absolute atomic E-state index is 0.000837. The van der Waals surface area contributed by atoms with Gasteiger partial charge in [0, 0.05) is 5.56 Å². The molecule has 0 aromatic heterocycles. The molecule has 0 unspecified atom stereocenters. The van der Waals surface area contributed by atoms with Gasteiger partial charge in [-0.1, -0.05) is 12.1 Å². The standard InChI is InChI=1S/C10H12N2O3/c1-10(12-11-9(14)6-15-10)7-3-2-4-8(13)5-7/h2-5,12-13H,6H2,1H3,(H,11,14)/t10-/m0/s1. The molecule has 5 nitrogen and oxygen atoms in total. The Bertz CT molecular complexity index is 382. The zero-order valence-electron chi connectivity index (χ0n) is 8.28. The van der Waals surface area contributed by atoms with Gasteiger partial charge >= 0.3 is 0 Å². The Kier molecular flexibility index (Phi) is 2.34. The van der Waals surface area contributed by atoms with Crippen LogP contribution in [-0.2, 0) is 15.3 Å². The summed E-state index contributed by atoms with van der Waals surface area (Å²) in [6.07, 6.45) is 0. The molecule has 15 heavy (non-hydrogen) atoms. The Morgan fingerprint density at radius 3 is 2.93 bits per heavy atom. The van der Waals surface area contributed by atoms with Crippen molar-refractivity contribution in [2.75, 3.05) is 6.61 Å². The van der Waals surface area contributed by atoms with Crippen molar-refractivity contribution in [3.8, 4) is 5.75 Å². The van der Waals surface area contributed by atoms with Crippen LogP contribution in [0, 0.1) is 0 Å². The summed E-state index contributed by atoms with van der Waals surface area (Å²) in [6.45, 7) is 1.78. The van der Waals surface area contributed by atoms with Crippen molar-refractivity contribution in [1.82, 2.24) is 10.9 Å². The number of aromatic hydroxyl groups is 1. The number of hydrogen-bond donors (Lipinski definition) is 3. The first-order valence-electron chi connectivity index (χ1n) is 4.60. The van der Waals surface area contributed by atoms with Crippen molar-refractivity contribution in [2.24, 2.45) is 0 Å². The highest BCUT2D eigenvalue weighted by molar-refractivity contribution is 5.77. The van der Waals surface area contributed by atoms with E-state index in [0.29, 0.717) is 0 Å². The average Bonchev–Trinajstić information content (AvgIpc) is 2.23. The van der Waals surface area contributed by atoms with E-state index in [1.54, 1.807) is 25.1 Å². The van der Waals surface area contributed by atoms with Crippen LogP contribution >= 0.6 is 0 Å².